The van der Waals surface area contributed by atoms with Gasteiger partial charge in [-0.05, 0) is 50.2 Å². The van der Waals surface area contributed by atoms with E-state index in [1.807, 2.05) is 12.4 Å². The van der Waals surface area contributed by atoms with Gasteiger partial charge in [0.2, 0.25) is 0 Å². The zero-order valence-electron chi connectivity index (χ0n) is 12.3. The lowest BCUT2D eigenvalue weighted by Crippen LogP contribution is -2.25. The largest absolute Gasteiger partial charge is 0.383 e. The van der Waals surface area contributed by atoms with Crippen molar-refractivity contribution in [1.29, 1.82) is 0 Å². The van der Waals surface area contributed by atoms with Crippen LogP contribution in [0.15, 0.2) is 24.5 Å². The van der Waals surface area contributed by atoms with Crippen LogP contribution in [0.4, 0.5) is 0 Å². The molecule has 4 heteroatoms. The van der Waals surface area contributed by atoms with Gasteiger partial charge in [0.1, 0.15) is 0 Å². The van der Waals surface area contributed by atoms with E-state index in [-0.39, 0.29) is 0 Å². The molecule has 19 heavy (non-hydrogen) atoms. The number of unbranched alkanes of at least 4 members (excludes halogenated alkanes) is 1. The second kappa shape index (κ2) is 10.9. The number of methoxy groups -OCH3 is 1. The maximum atomic E-state index is 4.99. The zero-order chi connectivity index (χ0) is 13.8. The first-order valence-electron chi connectivity index (χ1n) is 7.17. The van der Waals surface area contributed by atoms with Gasteiger partial charge < -0.3 is 10.1 Å². The highest BCUT2D eigenvalue weighted by atomic mass is 16.5. The van der Waals surface area contributed by atoms with Crippen molar-refractivity contribution in [2.75, 3.05) is 39.9 Å². The molecule has 0 atom stereocenters. The Labute approximate surface area is 117 Å². The van der Waals surface area contributed by atoms with Gasteiger partial charge in [-0.15, -0.1) is 0 Å². The molecule has 0 saturated carbocycles. The molecule has 0 unspecified atom stereocenters. The van der Waals surface area contributed by atoms with Crippen LogP contribution in [0.1, 0.15) is 25.3 Å². The second-order valence-electron chi connectivity index (χ2n) is 4.67. The maximum absolute atomic E-state index is 4.99. The van der Waals surface area contributed by atoms with Gasteiger partial charge in [-0.25, -0.2) is 0 Å². The molecule has 108 valence electrons. The molecular formula is C15H27N3O. The van der Waals surface area contributed by atoms with Crippen LogP contribution in [0.25, 0.3) is 0 Å². The van der Waals surface area contributed by atoms with Crippen molar-refractivity contribution in [1.82, 2.24) is 15.2 Å². The molecule has 0 aromatic carbocycles. The monoisotopic (exact) mass is 265 g/mol. The number of hydrogen-bond acceptors (Lipinski definition) is 4. The topological polar surface area (TPSA) is 37.4 Å². The van der Waals surface area contributed by atoms with E-state index < -0.39 is 0 Å². The Hall–Kier alpha value is -0.970. The number of nitrogens with zero attached hydrogens (tertiary/aromatic N) is 2. The summed E-state index contributed by atoms with van der Waals surface area (Å²) >= 11 is 0. The summed E-state index contributed by atoms with van der Waals surface area (Å²) in [5, 5.41) is 3.38. The highest BCUT2D eigenvalue weighted by molar-refractivity contribution is 5.09. The van der Waals surface area contributed by atoms with E-state index in [0.29, 0.717) is 0 Å². The van der Waals surface area contributed by atoms with Crippen LogP contribution in [0.3, 0.4) is 0 Å². The van der Waals surface area contributed by atoms with Gasteiger partial charge in [0, 0.05) is 32.6 Å². The third kappa shape index (κ3) is 7.93. The van der Waals surface area contributed by atoms with Crippen LogP contribution in [-0.2, 0) is 11.3 Å². The van der Waals surface area contributed by atoms with E-state index in [2.05, 4.69) is 34.3 Å². The van der Waals surface area contributed by atoms with Crippen molar-refractivity contribution >= 4 is 0 Å². The zero-order valence-corrected chi connectivity index (χ0v) is 12.3. The minimum absolute atomic E-state index is 0.795. The molecule has 1 heterocycles. The Morgan fingerprint density at radius 1 is 1.21 bits per heavy atom. The average molecular weight is 265 g/mol. The summed E-state index contributed by atoms with van der Waals surface area (Å²) in [5.74, 6) is 0. The Bertz CT molecular complexity index is 306. The lowest BCUT2D eigenvalue weighted by Gasteiger charge is -2.20. The van der Waals surface area contributed by atoms with Crippen LogP contribution >= 0.6 is 0 Å². The van der Waals surface area contributed by atoms with Gasteiger partial charge in [0.05, 0.1) is 6.61 Å². The van der Waals surface area contributed by atoms with Crippen LogP contribution in [0, 0.1) is 0 Å². The summed E-state index contributed by atoms with van der Waals surface area (Å²) in [6.45, 7) is 8.32. The number of pyridine rings is 1. The standard InChI is InChI=1S/C15H27N3O/c1-3-18(14-15-6-9-17-10-7-15)12-5-4-8-16-11-13-19-2/h6-7,9-10,16H,3-5,8,11-14H2,1-2H3. The van der Waals surface area contributed by atoms with Crippen LogP contribution in [0.5, 0.6) is 0 Å². The van der Waals surface area contributed by atoms with Crippen LogP contribution < -0.4 is 5.32 Å². The first kappa shape index (κ1) is 16.1. The van der Waals surface area contributed by atoms with Crippen molar-refractivity contribution in [3.8, 4) is 0 Å². The fourth-order valence-electron chi connectivity index (χ4n) is 1.98. The first-order chi connectivity index (χ1) is 9.36. The molecule has 0 aliphatic heterocycles. The molecule has 1 aromatic rings. The molecule has 0 aliphatic carbocycles. The third-order valence-electron chi connectivity index (χ3n) is 3.16. The SMILES string of the molecule is CCN(CCCCNCCOC)Cc1ccncc1. The fraction of sp³-hybridized carbons (Fsp3) is 0.667. The Morgan fingerprint density at radius 3 is 2.68 bits per heavy atom. The van der Waals surface area contributed by atoms with Crippen molar-refractivity contribution in [3.05, 3.63) is 30.1 Å². The smallest absolute Gasteiger partial charge is 0.0587 e. The van der Waals surface area contributed by atoms with Crippen molar-refractivity contribution in [2.45, 2.75) is 26.3 Å². The molecule has 0 spiro atoms. The normalized spacial score (nSPS) is 11.1. The number of rotatable bonds is 11. The molecule has 0 fully saturated rings. The van der Waals surface area contributed by atoms with E-state index >= 15 is 0 Å². The summed E-state index contributed by atoms with van der Waals surface area (Å²) in [7, 11) is 1.74. The molecule has 0 aliphatic rings. The summed E-state index contributed by atoms with van der Waals surface area (Å²) in [4.78, 5) is 6.53. The summed E-state index contributed by atoms with van der Waals surface area (Å²) in [5.41, 5.74) is 1.34. The number of ether oxygens (including phenoxy) is 1. The predicted octanol–water partition coefficient (Wildman–Crippen LogP) is 1.92. The molecular weight excluding hydrogens is 238 g/mol. The summed E-state index contributed by atoms with van der Waals surface area (Å²) in [6, 6.07) is 4.18. The number of aromatic nitrogens is 1. The Kier molecular flexibility index (Phi) is 9.23. The van der Waals surface area contributed by atoms with Gasteiger partial charge in [0.15, 0.2) is 0 Å². The minimum Gasteiger partial charge on any atom is -0.383 e. The molecule has 0 bridgehead atoms. The number of nitrogens with one attached hydrogen (secondary N) is 1. The van der Waals surface area contributed by atoms with E-state index in [9.17, 15) is 0 Å². The fourth-order valence-corrected chi connectivity index (χ4v) is 1.98. The summed E-state index contributed by atoms with van der Waals surface area (Å²) < 4.78 is 4.99. The number of hydrogen-bond donors (Lipinski definition) is 1. The van der Waals surface area contributed by atoms with Crippen LogP contribution in [-0.4, -0.2) is 49.8 Å². The quantitative estimate of drug-likeness (QED) is 0.620. The van der Waals surface area contributed by atoms with Gasteiger partial charge in [-0.3, -0.25) is 9.88 Å². The lowest BCUT2D eigenvalue weighted by atomic mass is 10.2. The average Bonchev–Trinajstić information content (AvgIpc) is 2.46. The van der Waals surface area contributed by atoms with Gasteiger partial charge >= 0.3 is 0 Å². The molecule has 4 nitrogen and oxygen atoms in total. The highest BCUT2D eigenvalue weighted by Gasteiger charge is 2.02. The Morgan fingerprint density at radius 2 is 2.00 bits per heavy atom. The minimum atomic E-state index is 0.795. The maximum Gasteiger partial charge on any atom is 0.0587 e. The highest BCUT2D eigenvalue weighted by Crippen LogP contribution is 2.04. The lowest BCUT2D eigenvalue weighted by molar-refractivity contribution is 0.199. The molecule has 0 saturated heterocycles. The molecule has 1 N–H and O–H groups in total. The first-order valence-corrected chi connectivity index (χ1v) is 7.17. The van der Waals surface area contributed by atoms with Crippen molar-refractivity contribution in [2.24, 2.45) is 0 Å². The van der Waals surface area contributed by atoms with Crippen LogP contribution in [0.2, 0.25) is 0 Å². The predicted molar refractivity (Wildman–Crippen MR) is 79.2 cm³/mol. The summed E-state index contributed by atoms with van der Waals surface area (Å²) in [6.07, 6.45) is 6.18. The van der Waals surface area contributed by atoms with Crippen molar-refractivity contribution in [3.63, 3.8) is 0 Å². The van der Waals surface area contributed by atoms with Gasteiger partial charge in [-0.2, -0.15) is 0 Å². The van der Waals surface area contributed by atoms with E-state index in [4.69, 9.17) is 4.74 Å². The molecule has 0 amide bonds. The molecule has 1 aromatic heterocycles. The second-order valence-corrected chi connectivity index (χ2v) is 4.67. The van der Waals surface area contributed by atoms with Gasteiger partial charge in [-0.1, -0.05) is 6.92 Å². The molecule has 0 radical (unpaired) electrons. The van der Waals surface area contributed by atoms with E-state index in [0.717, 1.165) is 39.3 Å². The third-order valence-corrected chi connectivity index (χ3v) is 3.16. The molecule has 1 rings (SSSR count). The van der Waals surface area contributed by atoms with Crippen molar-refractivity contribution < 1.29 is 4.74 Å². The van der Waals surface area contributed by atoms with E-state index in [1.165, 1.54) is 18.4 Å². The Balaban J connectivity index is 2.09. The van der Waals surface area contributed by atoms with Gasteiger partial charge in [0.25, 0.3) is 0 Å². The van der Waals surface area contributed by atoms with E-state index in [1.54, 1.807) is 7.11 Å².